The van der Waals surface area contributed by atoms with Crippen molar-refractivity contribution in [3.8, 4) is 28.3 Å². The zero-order valence-electron chi connectivity index (χ0n) is 16.9. The molecule has 0 aromatic heterocycles. The number of nitrogens with two attached hydrogens (primary N) is 2. The highest BCUT2D eigenvalue weighted by Crippen LogP contribution is 2.40. The lowest BCUT2D eigenvalue weighted by atomic mass is 9.89. The van der Waals surface area contributed by atoms with Gasteiger partial charge in [-0.2, -0.15) is 0 Å². The number of anilines is 2. The summed E-state index contributed by atoms with van der Waals surface area (Å²) in [7, 11) is 0. The Labute approximate surface area is 183 Å². The van der Waals surface area contributed by atoms with Crippen LogP contribution in [-0.4, -0.2) is 0 Å². The van der Waals surface area contributed by atoms with Crippen LogP contribution >= 0.6 is 0 Å². The quantitative estimate of drug-likeness (QED) is 0.328. The van der Waals surface area contributed by atoms with E-state index >= 15 is 0 Å². The molecule has 0 saturated carbocycles. The molecule has 150 valence electrons. The van der Waals surface area contributed by atoms with Crippen LogP contribution in [0.2, 0.25) is 0 Å². The molecule has 5 heteroatoms. The molecule has 4 N–H and O–H groups in total. The molecular formula is C27H16N4O. The Kier molecular flexibility index (Phi) is 4.26. The van der Waals surface area contributed by atoms with Crippen LogP contribution < -0.4 is 22.1 Å². The molecule has 0 aliphatic rings. The third-order valence-corrected chi connectivity index (χ3v) is 5.75. The molecule has 0 spiro atoms. The van der Waals surface area contributed by atoms with Crippen molar-refractivity contribution in [3.63, 3.8) is 0 Å². The van der Waals surface area contributed by atoms with Gasteiger partial charge in [0, 0.05) is 27.4 Å². The van der Waals surface area contributed by atoms with E-state index in [0.717, 1.165) is 33.0 Å². The lowest BCUT2D eigenvalue weighted by Crippen LogP contribution is -2.21. The maximum absolute atomic E-state index is 13.2. The van der Waals surface area contributed by atoms with Gasteiger partial charge in [0.25, 0.3) is 5.70 Å². The summed E-state index contributed by atoms with van der Waals surface area (Å²) >= 11 is 0. The summed E-state index contributed by atoms with van der Waals surface area (Å²) in [6.45, 7) is 7.38. The van der Waals surface area contributed by atoms with Crippen molar-refractivity contribution in [3.05, 3.63) is 99.7 Å². The van der Waals surface area contributed by atoms with Crippen LogP contribution in [0.4, 0.5) is 11.4 Å². The van der Waals surface area contributed by atoms with Crippen molar-refractivity contribution in [2.75, 3.05) is 11.5 Å². The molecule has 0 saturated heterocycles. The van der Waals surface area contributed by atoms with E-state index in [-0.39, 0.29) is 16.3 Å². The number of nitrogen functional groups attached to an aromatic ring is 2. The number of nitriles is 1. The molecule has 0 atom stereocenters. The van der Waals surface area contributed by atoms with Crippen LogP contribution in [0.1, 0.15) is 0 Å². The molecular weight excluding hydrogens is 396 g/mol. The molecule has 0 aliphatic heterocycles. The van der Waals surface area contributed by atoms with Gasteiger partial charge in [0.1, 0.15) is 0 Å². The van der Waals surface area contributed by atoms with E-state index in [0.29, 0.717) is 22.1 Å². The molecule has 0 radical (unpaired) electrons. The Balaban J connectivity index is 2.06. The zero-order chi connectivity index (χ0) is 22.4. The number of benzene rings is 4. The van der Waals surface area contributed by atoms with Crippen LogP contribution in [0, 0.1) is 17.9 Å². The Hall–Kier alpha value is -4.87. The summed E-state index contributed by atoms with van der Waals surface area (Å²) in [6, 6.07) is 24.4. The summed E-state index contributed by atoms with van der Waals surface area (Å²) in [5, 5.41) is 12.3. The summed E-state index contributed by atoms with van der Waals surface area (Å²) in [5.41, 5.74) is 16.5. The Morgan fingerprint density at radius 3 is 1.88 bits per heavy atom. The first-order valence-corrected chi connectivity index (χ1v) is 9.92. The monoisotopic (exact) mass is 412 g/mol. The average Bonchev–Trinajstić information content (AvgIpc) is 3.08. The Morgan fingerprint density at radius 2 is 1.38 bits per heavy atom. The van der Waals surface area contributed by atoms with E-state index in [4.69, 9.17) is 18.0 Å². The standard InChI is InChI=1S/C27H16N4O/c1-31-23(14-28)26-21-10-8-19(15-4-2-6-17(29)12-15)24-20(16-5-3-7-18(30)13-16)9-11-22(25(21)24)27(26)32/h2-13H,29-30H2/b26-23-. The summed E-state index contributed by atoms with van der Waals surface area (Å²) in [6.07, 6.45) is 0. The Morgan fingerprint density at radius 1 is 0.812 bits per heavy atom. The lowest BCUT2D eigenvalue weighted by Gasteiger charge is -2.14. The fourth-order valence-electron chi connectivity index (χ4n) is 4.42. The highest BCUT2D eigenvalue weighted by atomic mass is 16.1. The third-order valence-electron chi connectivity index (χ3n) is 5.75. The van der Waals surface area contributed by atoms with Gasteiger partial charge in [0.15, 0.2) is 5.43 Å². The highest BCUT2D eigenvalue weighted by molar-refractivity contribution is 6.21. The molecule has 5 nitrogen and oxygen atoms in total. The minimum atomic E-state index is -0.304. The average molecular weight is 412 g/mol. The molecule has 0 amide bonds. The van der Waals surface area contributed by atoms with Gasteiger partial charge in [0.05, 0.1) is 12.6 Å². The predicted molar refractivity (Wildman–Crippen MR) is 129 cm³/mol. The Bertz CT molecular complexity index is 1670. The maximum atomic E-state index is 13.2. The SMILES string of the molecule is [C-]#[N+]/C(C#N)=c1\c(=O)c2ccc(-c3cccc(N)c3)c3c(-c4cccc(N)c4)ccc1c32. The van der Waals surface area contributed by atoms with Gasteiger partial charge in [0.2, 0.25) is 0 Å². The van der Waals surface area contributed by atoms with Crippen LogP contribution in [-0.2, 0) is 0 Å². The fraction of sp³-hybridized carbons (Fsp3) is 0. The molecule has 5 rings (SSSR count). The van der Waals surface area contributed by atoms with Crippen molar-refractivity contribution >= 4 is 38.6 Å². The van der Waals surface area contributed by atoms with Gasteiger partial charge in [-0.25, -0.2) is 10.1 Å². The fourth-order valence-corrected chi connectivity index (χ4v) is 4.42. The van der Waals surface area contributed by atoms with Gasteiger partial charge in [-0.15, -0.1) is 0 Å². The van der Waals surface area contributed by atoms with E-state index in [1.54, 1.807) is 6.07 Å². The molecule has 5 aromatic carbocycles. The number of hydrogen-bond acceptors (Lipinski definition) is 4. The lowest BCUT2D eigenvalue weighted by molar-refractivity contribution is 1.52. The second-order valence-corrected chi connectivity index (χ2v) is 7.60. The van der Waals surface area contributed by atoms with Gasteiger partial charge >= 0.3 is 0 Å². The molecule has 0 aliphatic carbocycles. The van der Waals surface area contributed by atoms with E-state index < -0.39 is 0 Å². The smallest absolute Gasteiger partial charge is 0.273 e. The number of hydrogen-bond donors (Lipinski definition) is 2. The molecule has 5 aromatic rings. The summed E-state index contributed by atoms with van der Waals surface area (Å²) < 4.78 is 0. The van der Waals surface area contributed by atoms with Gasteiger partial charge in [-0.05, 0) is 63.4 Å². The van der Waals surface area contributed by atoms with Crippen molar-refractivity contribution in [1.82, 2.24) is 0 Å². The van der Waals surface area contributed by atoms with Crippen molar-refractivity contribution in [2.24, 2.45) is 0 Å². The minimum Gasteiger partial charge on any atom is -0.399 e. The molecule has 0 unspecified atom stereocenters. The van der Waals surface area contributed by atoms with E-state index in [9.17, 15) is 10.1 Å². The first-order chi connectivity index (χ1) is 15.5. The third kappa shape index (κ3) is 2.74. The second kappa shape index (κ2) is 7.12. The van der Waals surface area contributed by atoms with Gasteiger partial charge in [-0.3, -0.25) is 4.79 Å². The summed E-state index contributed by atoms with van der Waals surface area (Å²) in [5.74, 6) is 0. The van der Waals surface area contributed by atoms with E-state index in [1.807, 2.05) is 72.8 Å². The first-order valence-electron chi connectivity index (χ1n) is 9.92. The molecule has 0 heterocycles. The van der Waals surface area contributed by atoms with Crippen LogP contribution in [0.15, 0.2) is 77.6 Å². The van der Waals surface area contributed by atoms with E-state index in [2.05, 4.69) is 4.85 Å². The van der Waals surface area contributed by atoms with Gasteiger partial charge in [-0.1, -0.05) is 42.5 Å². The largest absolute Gasteiger partial charge is 0.399 e. The van der Waals surface area contributed by atoms with Crippen LogP contribution in [0.3, 0.4) is 0 Å². The minimum absolute atomic E-state index is 0.159. The highest BCUT2D eigenvalue weighted by Gasteiger charge is 2.20. The predicted octanol–water partition coefficient (Wildman–Crippen LogP) is 4.56. The van der Waals surface area contributed by atoms with Crippen molar-refractivity contribution in [2.45, 2.75) is 0 Å². The molecule has 0 bridgehead atoms. The van der Waals surface area contributed by atoms with Crippen molar-refractivity contribution < 1.29 is 0 Å². The van der Waals surface area contributed by atoms with Crippen molar-refractivity contribution in [1.29, 1.82) is 5.26 Å². The van der Waals surface area contributed by atoms with Crippen LogP contribution in [0.5, 0.6) is 0 Å². The normalized spacial score (nSPS) is 11.9. The molecule has 32 heavy (non-hydrogen) atoms. The topological polar surface area (TPSA) is 97.3 Å². The second-order valence-electron chi connectivity index (χ2n) is 7.60. The number of rotatable bonds is 2. The van der Waals surface area contributed by atoms with Crippen LogP contribution in [0.25, 0.3) is 54.3 Å². The molecule has 0 fully saturated rings. The first kappa shape index (κ1) is 19.1. The zero-order valence-corrected chi connectivity index (χ0v) is 16.9. The van der Waals surface area contributed by atoms with Gasteiger partial charge < -0.3 is 11.5 Å². The maximum Gasteiger partial charge on any atom is 0.273 e. The number of nitrogens with zero attached hydrogens (tertiary/aromatic N) is 2. The summed E-state index contributed by atoms with van der Waals surface area (Å²) in [4.78, 5) is 16.6. The van der Waals surface area contributed by atoms with E-state index in [1.165, 1.54) is 0 Å².